The Morgan fingerprint density at radius 2 is 1.56 bits per heavy atom. The molecule has 1 saturated carbocycles. The number of nitrogens with one attached hydrogen (secondary N) is 1. The summed E-state index contributed by atoms with van der Waals surface area (Å²) in [6.45, 7) is 12.4. The molecule has 94 valence electrons. The van der Waals surface area contributed by atoms with E-state index >= 15 is 0 Å². The Hall–Kier alpha value is -0.570. The van der Waals surface area contributed by atoms with Gasteiger partial charge in [0.1, 0.15) is 0 Å². The molecule has 1 fully saturated rings. The molecular formula is C13H26N2O. The Bertz CT molecular complexity index is 271. The van der Waals surface area contributed by atoms with Crippen molar-refractivity contribution < 1.29 is 4.79 Å². The highest BCUT2D eigenvalue weighted by Crippen LogP contribution is 2.48. The van der Waals surface area contributed by atoms with Crippen LogP contribution in [0.3, 0.4) is 0 Å². The van der Waals surface area contributed by atoms with Crippen LogP contribution in [0.25, 0.3) is 0 Å². The molecule has 0 unspecified atom stereocenters. The molecule has 0 aromatic heterocycles. The molecule has 3 N–H and O–H groups in total. The van der Waals surface area contributed by atoms with Crippen molar-refractivity contribution in [2.45, 2.75) is 66.0 Å². The highest BCUT2D eigenvalue weighted by molar-refractivity contribution is 5.85. The van der Waals surface area contributed by atoms with E-state index in [0.717, 1.165) is 12.8 Å². The number of nitrogens with two attached hydrogens (primary N) is 1. The number of hydrogen-bond acceptors (Lipinski definition) is 2. The molecule has 0 aromatic carbocycles. The third kappa shape index (κ3) is 2.57. The van der Waals surface area contributed by atoms with Crippen LogP contribution in [0, 0.1) is 10.8 Å². The number of carbonyl (C=O) groups is 1. The average Bonchev–Trinajstić information content (AvgIpc) is 2.26. The predicted octanol–water partition coefficient (Wildman–Crippen LogP) is 2.05. The standard InChI is InChI=1S/C13H26N2O/c1-11(2)7-8-12(3,4)9(11)15-10(16)13(5,6)14/h9H,7-8,14H2,1-6H3,(H,15,16). The summed E-state index contributed by atoms with van der Waals surface area (Å²) in [5, 5.41) is 3.14. The van der Waals surface area contributed by atoms with Gasteiger partial charge in [0, 0.05) is 6.04 Å². The molecule has 1 aliphatic rings. The smallest absolute Gasteiger partial charge is 0.239 e. The largest absolute Gasteiger partial charge is 0.351 e. The van der Waals surface area contributed by atoms with E-state index in [1.54, 1.807) is 13.8 Å². The zero-order valence-corrected chi connectivity index (χ0v) is 11.5. The summed E-state index contributed by atoms with van der Waals surface area (Å²) in [7, 11) is 0. The van der Waals surface area contributed by atoms with Gasteiger partial charge >= 0.3 is 0 Å². The van der Waals surface area contributed by atoms with Crippen LogP contribution in [0.1, 0.15) is 54.4 Å². The molecule has 0 atom stereocenters. The minimum absolute atomic E-state index is 0.0550. The Labute approximate surface area is 99.2 Å². The lowest BCUT2D eigenvalue weighted by molar-refractivity contribution is -0.127. The van der Waals surface area contributed by atoms with Crippen LogP contribution in [0.15, 0.2) is 0 Å². The van der Waals surface area contributed by atoms with Gasteiger partial charge in [-0.2, -0.15) is 0 Å². The highest BCUT2D eigenvalue weighted by atomic mass is 16.2. The first-order valence-corrected chi connectivity index (χ1v) is 6.07. The molecule has 3 nitrogen and oxygen atoms in total. The molecule has 3 heteroatoms. The number of carbonyl (C=O) groups excluding carboxylic acids is 1. The van der Waals surface area contributed by atoms with Gasteiger partial charge in [-0.1, -0.05) is 27.7 Å². The molecule has 0 heterocycles. The third-order valence-electron chi connectivity index (χ3n) is 3.84. The summed E-state index contributed by atoms with van der Waals surface area (Å²) in [6, 6.07) is 0.204. The number of amides is 1. The molecule has 1 rings (SSSR count). The first kappa shape index (κ1) is 13.5. The van der Waals surface area contributed by atoms with E-state index in [2.05, 4.69) is 33.0 Å². The highest BCUT2D eigenvalue weighted by Gasteiger charge is 2.48. The lowest BCUT2D eigenvalue weighted by Gasteiger charge is -2.37. The van der Waals surface area contributed by atoms with Crippen molar-refractivity contribution in [3.05, 3.63) is 0 Å². The van der Waals surface area contributed by atoms with Gasteiger partial charge in [0.2, 0.25) is 5.91 Å². The summed E-state index contributed by atoms with van der Waals surface area (Å²) in [6.07, 6.45) is 2.30. The number of hydrogen-bond donors (Lipinski definition) is 2. The fraction of sp³-hybridized carbons (Fsp3) is 0.923. The van der Waals surface area contributed by atoms with Crippen molar-refractivity contribution >= 4 is 5.91 Å². The molecule has 1 aliphatic carbocycles. The fourth-order valence-electron chi connectivity index (χ4n) is 2.70. The van der Waals surface area contributed by atoms with Gasteiger partial charge in [-0.15, -0.1) is 0 Å². The van der Waals surface area contributed by atoms with Gasteiger partial charge in [0.05, 0.1) is 5.54 Å². The van der Waals surface area contributed by atoms with E-state index < -0.39 is 5.54 Å². The lowest BCUT2D eigenvalue weighted by Crippen LogP contribution is -2.57. The maximum atomic E-state index is 12.0. The average molecular weight is 226 g/mol. The zero-order valence-electron chi connectivity index (χ0n) is 11.5. The van der Waals surface area contributed by atoms with E-state index in [4.69, 9.17) is 5.73 Å². The number of rotatable bonds is 2. The molecular weight excluding hydrogens is 200 g/mol. The van der Waals surface area contributed by atoms with E-state index in [9.17, 15) is 4.79 Å². The SMILES string of the molecule is CC(C)(N)C(=O)NC1C(C)(C)CCC1(C)C. The minimum Gasteiger partial charge on any atom is -0.351 e. The topological polar surface area (TPSA) is 55.1 Å². The van der Waals surface area contributed by atoms with Gasteiger partial charge in [0.15, 0.2) is 0 Å². The van der Waals surface area contributed by atoms with Crippen LogP contribution in [-0.2, 0) is 4.79 Å². The second-order valence-corrected chi connectivity index (χ2v) is 7.11. The summed E-state index contributed by atoms with van der Waals surface area (Å²) in [5.74, 6) is -0.0550. The van der Waals surface area contributed by atoms with E-state index in [1.807, 2.05) is 0 Å². The van der Waals surface area contributed by atoms with Gasteiger partial charge < -0.3 is 11.1 Å². The van der Waals surface area contributed by atoms with E-state index in [-0.39, 0.29) is 22.8 Å². The molecule has 0 aliphatic heterocycles. The fourth-order valence-corrected chi connectivity index (χ4v) is 2.70. The summed E-state index contributed by atoms with van der Waals surface area (Å²) in [5.41, 5.74) is 5.34. The van der Waals surface area contributed by atoms with Crippen LogP contribution < -0.4 is 11.1 Å². The van der Waals surface area contributed by atoms with Crippen LogP contribution >= 0.6 is 0 Å². The van der Waals surface area contributed by atoms with E-state index in [1.165, 1.54) is 0 Å². The second-order valence-electron chi connectivity index (χ2n) is 7.11. The van der Waals surface area contributed by atoms with Gasteiger partial charge in [-0.25, -0.2) is 0 Å². The molecule has 0 saturated heterocycles. The molecule has 0 bridgehead atoms. The first-order chi connectivity index (χ1) is 6.97. The lowest BCUT2D eigenvalue weighted by atomic mass is 9.78. The molecule has 0 aromatic rings. The third-order valence-corrected chi connectivity index (χ3v) is 3.84. The van der Waals surface area contributed by atoms with Crippen molar-refractivity contribution in [2.75, 3.05) is 0 Å². The Morgan fingerprint density at radius 1 is 1.19 bits per heavy atom. The molecule has 1 amide bonds. The minimum atomic E-state index is -0.797. The van der Waals surface area contributed by atoms with Crippen molar-refractivity contribution in [1.82, 2.24) is 5.32 Å². The van der Waals surface area contributed by atoms with Crippen molar-refractivity contribution in [3.63, 3.8) is 0 Å². The quantitative estimate of drug-likeness (QED) is 0.757. The summed E-state index contributed by atoms with van der Waals surface area (Å²) >= 11 is 0. The van der Waals surface area contributed by atoms with Gasteiger partial charge in [0.25, 0.3) is 0 Å². The van der Waals surface area contributed by atoms with Crippen LogP contribution in [0.2, 0.25) is 0 Å². The summed E-state index contributed by atoms with van der Waals surface area (Å²) < 4.78 is 0. The summed E-state index contributed by atoms with van der Waals surface area (Å²) in [4.78, 5) is 12.0. The van der Waals surface area contributed by atoms with Crippen molar-refractivity contribution in [2.24, 2.45) is 16.6 Å². The van der Waals surface area contributed by atoms with Crippen LogP contribution in [-0.4, -0.2) is 17.5 Å². The molecule has 0 spiro atoms. The van der Waals surface area contributed by atoms with Gasteiger partial charge in [-0.05, 0) is 37.5 Å². The molecule has 16 heavy (non-hydrogen) atoms. The second kappa shape index (κ2) is 3.73. The maximum Gasteiger partial charge on any atom is 0.239 e. The van der Waals surface area contributed by atoms with Crippen molar-refractivity contribution in [3.8, 4) is 0 Å². The van der Waals surface area contributed by atoms with E-state index in [0.29, 0.717) is 0 Å². The first-order valence-electron chi connectivity index (χ1n) is 6.07. The van der Waals surface area contributed by atoms with Crippen molar-refractivity contribution in [1.29, 1.82) is 0 Å². The molecule has 0 radical (unpaired) electrons. The van der Waals surface area contributed by atoms with Crippen LogP contribution in [0.5, 0.6) is 0 Å². The monoisotopic (exact) mass is 226 g/mol. The normalized spacial score (nSPS) is 24.4. The zero-order chi connectivity index (χ0) is 12.8. The Morgan fingerprint density at radius 3 is 1.88 bits per heavy atom. The predicted molar refractivity (Wildman–Crippen MR) is 67.0 cm³/mol. The van der Waals surface area contributed by atoms with Crippen LogP contribution in [0.4, 0.5) is 0 Å². The Kier molecular flexibility index (Phi) is 3.14. The Balaban J connectivity index is 2.83. The van der Waals surface area contributed by atoms with Gasteiger partial charge in [-0.3, -0.25) is 4.79 Å². The maximum absolute atomic E-state index is 12.0.